The Morgan fingerprint density at radius 2 is 2.09 bits per heavy atom. The molecule has 0 bridgehead atoms. The molecule has 5 heteroatoms. The van der Waals surface area contributed by atoms with Crippen molar-refractivity contribution < 1.29 is 13.2 Å². The molecule has 22 heavy (non-hydrogen) atoms. The molecule has 0 aliphatic heterocycles. The van der Waals surface area contributed by atoms with Crippen LogP contribution in [0.2, 0.25) is 0 Å². The first kappa shape index (κ1) is 19.1. The molecule has 1 unspecified atom stereocenters. The molecule has 0 heterocycles. The first-order valence-electron chi connectivity index (χ1n) is 7.63. The molecule has 1 atom stereocenters. The van der Waals surface area contributed by atoms with Gasteiger partial charge in [0.25, 0.3) is 0 Å². The van der Waals surface area contributed by atoms with Gasteiger partial charge in [0.1, 0.15) is 0 Å². The zero-order valence-electron chi connectivity index (χ0n) is 13.1. The van der Waals surface area contributed by atoms with Crippen molar-refractivity contribution in [3.05, 3.63) is 22.8 Å². The molecule has 124 valence electrons. The van der Waals surface area contributed by atoms with Gasteiger partial charge in [0, 0.05) is 23.9 Å². The van der Waals surface area contributed by atoms with Gasteiger partial charge in [-0.3, -0.25) is 4.90 Å². The van der Waals surface area contributed by atoms with E-state index in [1.54, 1.807) is 0 Å². The Bertz CT molecular complexity index is 469. The quantitative estimate of drug-likeness (QED) is 0.598. The summed E-state index contributed by atoms with van der Waals surface area (Å²) < 4.78 is 36.2. The topological polar surface area (TPSA) is 3.24 Å². The molecule has 0 spiro atoms. The lowest BCUT2D eigenvalue weighted by Gasteiger charge is -2.30. The van der Waals surface area contributed by atoms with E-state index in [1.165, 1.54) is 0 Å². The third-order valence-corrected chi connectivity index (χ3v) is 4.05. The monoisotopic (exact) mass is 333 g/mol. The van der Waals surface area contributed by atoms with Crippen molar-refractivity contribution in [3.63, 3.8) is 0 Å². The van der Waals surface area contributed by atoms with Gasteiger partial charge in [-0.2, -0.15) is 13.2 Å². The molecule has 0 amide bonds. The van der Waals surface area contributed by atoms with Crippen LogP contribution in [0.15, 0.2) is 22.8 Å². The summed E-state index contributed by atoms with van der Waals surface area (Å²) in [6.45, 7) is 5.45. The highest BCUT2D eigenvalue weighted by Crippen LogP contribution is 2.25. The summed E-state index contributed by atoms with van der Waals surface area (Å²) in [4.78, 5) is 2.19. The second-order valence-electron chi connectivity index (χ2n) is 5.51. The fourth-order valence-corrected chi connectivity index (χ4v) is 2.40. The van der Waals surface area contributed by atoms with Gasteiger partial charge in [0.05, 0.1) is 13.0 Å². The molecule has 0 aromatic heterocycles. The molecule has 1 aliphatic rings. The summed E-state index contributed by atoms with van der Waals surface area (Å²) in [5, 5.41) is 0.846. The second-order valence-corrected chi connectivity index (χ2v) is 5.97. The maximum absolute atomic E-state index is 12.1. The highest BCUT2D eigenvalue weighted by Gasteiger charge is 2.25. The van der Waals surface area contributed by atoms with Crippen LogP contribution in [0.25, 0.3) is 0 Å². The zero-order chi connectivity index (χ0) is 16.6. The van der Waals surface area contributed by atoms with Gasteiger partial charge in [-0.05, 0) is 25.5 Å². The van der Waals surface area contributed by atoms with E-state index in [-0.39, 0.29) is 12.5 Å². The molecule has 0 saturated carbocycles. The van der Waals surface area contributed by atoms with Crippen molar-refractivity contribution in [1.29, 1.82) is 0 Å². The van der Waals surface area contributed by atoms with E-state index < -0.39 is 12.6 Å². The summed E-state index contributed by atoms with van der Waals surface area (Å²) in [6.07, 6.45) is 1.86. The van der Waals surface area contributed by atoms with Crippen LogP contribution in [-0.2, 0) is 0 Å². The van der Waals surface area contributed by atoms with Crippen LogP contribution in [-0.4, -0.2) is 30.2 Å². The van der Waals surface area contributed by atoms with Crippen LogP contribution in [0.4, 0.5) is 13.2 Å². The van der Waals surface area contributed by atoms with E-state index in [2.05, 4.69) is 29.7 Å². The number of rotatable bonds is 6. The first-order chi connectivity index (χ1) is 10.3. The number of nitrogens with zero attached hydrogens (tertiary/aromatic N) is 1. The molecule has 1 rings (SSSR count). The smallest absolute Gasteiger partial charge is 0.285 e. The van der Waals surface area contributed by atoms with Crippen molar-refractivity contribution in [3.8, 4) is 11.8 Å². The van der Waals surface area contributed by atoms with E-state index in [1.807, 2.05) is 13.0 Å². The summed E-state index contributed by atoms with van der Waals surface area (Å²) in [6, 6.07) is 0.180. The van der Waals surface area contributed by atoms with Crippen molar-refractivity contribution in [2.75, 3.05) is 13.1 Å². The lowest BCUT2D eigenvalue weighted by atomic mass is 10.0. The minimum absolute atomic E-state index is 0.134. The zero-order valence-corrected chi connectivity index (χ0v) is 13.9. The number of halogens is 4. The number of allylic oxidation sites excluding steroid dienone is 2. The highest BCUT2D eigenvalue weighted by atomic mass is 35.5. The van der Waals surface area contributed by atoms with Crippen molar-refractivity contribution in [1.82, 2.24) is 4.90 Å². The van der Waals surface area contributed by atoms with E-state index in [0.717, 1.165) is 36.4 Å². The highest BCUT2D eigenvalue weighted by molar-refractivity contribution is 6.30. The molecule has 0 fully saturated rings. The Hall–Kier alpha value is -0.920. The second kappa shape index (κ2) is 9.27. The maximum Gasteiger partial charge on any atom is 0.390 e. The lowest BCUT2D eigenvalue weighted by Crippen LogP contribution is -2.36. The predicted molar refractivity (Wildman–Crippen MR) is 85.6 cm³/mol. The van der Waals surface area contributed by atoms with Gasteiger partial charge in [-0.15, -0.1) is 5.92 Å². The van der Waals surface area contributed by atoms with E-state index in [9.17, 15) is 13.2 Å². The van der Waals surface area contributed by atoms with E-state index in [4.69, 9.17) is 11.6 Å². The molecular weight excluding hydrogens is 311 g/mol. The Balaban J connectivity index is 2.55. The first-order valence-corrected chi connectivity index (χ1v) is 8.01. The molecular formula is C17H23ClF3N. The van der Waals surface area contributed by atoms with Crippen molar-refractivity contribution in [2.45, 2.75) is 58.2 Å². The minimum Gasteiger partial charge on any atom is -0.285 e. The van der Waals surface area contributed by atoms with Crippen LogP contribution >= 0.6 is 11.6 Å². The third kappa shape index (κ3) is 7.38. The number of hydrogen-bond donors (Lipinski definition) is 0. The van der Waals surface area contributed by atoms with Crippen LogP contribution in [0.3, 0.4) is 0 Å². The molecule has 0 radical (unpaired) electrons. The Morgan fingerprint density at radius 1 is 1.36 bits per heavy atom. The summed E-state index contributed by atoms with van der Waals surface area (Å²) in [5.41, 5.74) is 1.07. The van der Waals surface area contributed by atoms with Crippen LogP contribution in [0, 0.1) is 11.8 Å². The average Bonchev–Trinajstić information content (AvgIpc) is 2.44. The molecule has 0 N–H and O–H groups in total. The fraction of sp³-hybridized carbons (Fsp3) is 0.647. The molecule has 0 aromatic rings. The number of hydrogen-bond acceptors (Lipinski definition) is 1. The van der Waals surface area contributed by atoms with E-state index in [0.29, 0.717) is 6.54 Å². The largest absolute Gasteiger partial charge is 0.390 e. The minimum atomic E-state index is -4.13. The van der Waals surface area contributed by atoms with Gasteiger partial charge < -0.3 is 0 Å². The average molecular weight is 334 g/mol. The number of alkyl halides is 3. The predicted octanol–water partition coefficient (Wildman–Crippen LogP) is 5.28. The van der Waals surface area contributed by atoms with E-state index >= 15 is 0 Å². The van der Waals surface area contributed by atoms with Gasteiger partial charge >= 0.3 is 6.18 Å². The molecule has 0 saturated heterocycles. The molecule has 1 nitrogen and oxygen atoms in total. The Kier molecular flexibility index (Phi) is 8.06. The normalized spacial score (nSPS) is 18.6. The number of unbranched alkanes of at least 4 members (excludes halogenated alkanes) is 1. The van der Waals surface area contributed by atoms with Gasteiger partial charge in [-0.25, -0.2) is 0 Å². The molecule has 1 aliphatic carbocycles. The maximum atomic E-state index is 12.1. The lowest BCUT2D eigenvalue weighted by molar-refractivity contribution is -0.133. The Morgan fingerprint density at radius 3 is 2.68 bits per heavy atom. The van der Waals surface area contributed by atoms with Crippen LogP contribution < -0.4 is 0 Å². The third-order valence-electron chi connectivity index (χ3n) is 3.59. The van der Waals surface area contributed by atoms with Crippen LogP contribution in [0.5, 0.6) is 0 Å². The van der Waals surface area contributed by atoms with Gasteiger partial charge in [-0.1, -0.05) is 43.0 Å². The van der Waals surface area contributed by atoms with Crippen molar-refractivity contribution in [2.24, 2.45) is 0 Å². The fourth-order valence-electron chi connectivity index (χ4n) is 2.18. The van der Waals surface area contributed by atoms with Crippen molar-refractivity contribution >= 4 is 11.6 Å². The standard InChI is InChI=1S/C17H23ClF3N/c1-3-4-11-22(12-7-5-6-10-17(19,20)21)15-9-8-14(2)16(18)13-15/h8-9,15H,3-4,6,10-13H2,1-2H3. The Labute approximate surface area is 136 Å². The van der Waals surface area contributed by atoms with Crippen LogP contribution in [0.1, 0.15) is 46.0 Å². The SMILES string of the molecule is CCCCN(CC#CCCC(F)(F)F)C1C=CC(C)=C(Cl)C1. The van der Waals surface area contributed by atoms with Gasteiger partial charge in [0.2, 0.25) is 0 Å². The summed E-state index contributed by atoms with van der Waals surface area (Å²) in [7, 11) is 0. The summed E-state index contributed by atoms with van der Waals surface area (Å²) in [5.74, 6) is 5.50. The van der Waals surface area contributed by atoms with Gasteiger partial charge in [0.15, 0.2) is 0 Å². The molecule has 0 aromatic carbocycles. The summed E-state index contributed by atoms with van der Waals surface area (Å²) >= 11 is 6.21.